The van der Waals surface area contributed by atoms with Crippen LogP contribution in [0.15, 0.2) is 18.2 Å². The third-order valence-corrected chi connectivity index (χ3v) is 3.77. The molecule has 0 radical (unpaired) electrons. The van der Waals surface area contributed by atoms with Gasteiger partial charge in [-0.25, -0.2) is 4.79 Å². The first-order valence-corrected chi connectivity index (χ1v) is 8.72. The van der Waals surface area contributed by atoms with Crippen LogP contribution >= 0.6 is 0 Å². The second-order valence-corrected chi connectivity index (χ2v) is 5.92. The minimum absolute atomic E-state index is 0.241. The predicted octanol–water partition coefficient (Wildman–Crippen LogP) is 3.80. The maximum absolute atomic E-state index is 12.6. The molecule has 0 spiro atoms. The van der Waals surface area contributed by atoms with E-state index in [2.05, 4.69) is 5.32 Å². The van der Waals surface area contributed by atoms with Gasteiger partial charge in [0.05, 0.1) is 13.7 Å². The van der Waals surface area contributed by atoms with Crippen LogP contribution in [0.2, 0.25) is 0 Å². The van der Waals surface area contributed by atoms with Crippen LogP contribution in [0.5, 0.6) is 5.75 Å². The summed E-state index contributed by atoms with van der Waals surface area (Å²) in [5.74, 6) is -0.314. The number of carbonyl (C=O) groups excluding carboxylic acids is 2. The second kappa shape index (κ2) is 10.0. The number of nitrogens with one attached hydrogen (secondary N) is 1. The number of carbonyl (C=O) groups is 2. The molecule has 1 aromatic carbocycles. The fraction of sp³-hybridized carbons (Fsp3) is 0.579. The first-order chi connectivity index (χ1) is 11.9. The minimum atomic E-state index is -0.910. The summed E-state index contributed by atoms with van der Waals surface area (Å²) >= 11 is 0. The Morgan fingerprint density at radius 3 is 2.44 bits per heavy atom. The van der Waals surface area contributed by atoms with Crippen LogP contribution in [-0.2, 0) is 14.3 Å². The summed E-state index contributed by atoms with van der Waals surface area (Å²) in [7, 11) is 1.31. The van der Waals surface area contributed by atoms with Gasteiger partial charge in [-0.15, -0.1) is 0 Å². The Balaban J connectivity index is 3.05. The van der Waals surface area contributed by atoms with Crippen LogP contribution in [0.3, 0.4) is 0 Å². The fourth-order valence-electron chi connectivity index (χ4n) is 2.53. The molecule has 0 aliphatic carbocycles. The quantitative estimate of drug-likeness (QED) is 0.649. The van der Waals surface area contributed by atoms with Crippen LogP contribution in [0.25, 0.3) is 0 Å². The highest BCUT2D eigenvalue weighted by Crippen LogP contribution is 2.26. The fourth-order valence-corrected chi connectivity index (χ4v) is 2.53. The molecule has 1 amide bonds. The van der Waals surface area contributed by atoms with Crippen molar-refractivity contribution in [2.75, 3.05) is 25.6 Å². The van der Waals surface area contributed by atoms with Crippen LogP contribution in [0.1, 0.15) is 57.3 Å². The number of anilines is 1. The maximum Gasteiger partial charge on any atom is 0.341 e. The highest BCUT2D eigenvalue weighted by atomic mass is 16.5. The van der Waals surface area contributed by atoms with Crippen molar-refractivity contribution in [1.29, 1.82) is 0 Å². The Kier molecular flexibility index (Phi) is 8.41. The summed E-state index contributed by atoms with van der Waals surface area (Å²) in [5.41, 5.74) is -0.134. The molecule has 0 saturated carbocycles. The van der Waals surface area contributed by atoms with Crippen LogP contribution in [0.4, 0.5) is 5.69 Å². The first-order valence-electron chi connectivity index (χ1n) is 8.72. The van der Waals surface area contributed by atoms with E-state index < -0.39 is 11.6 Å². The van der Waals surface area contributed by atoms with Gasteiger partial charge in [0.15, 0.2) is 0 Å². The third-order valence-electron chi connectivity index (χ3n) is 3.77. The van der Waals surface area contributed by atoms with E-state index in [4.69, 9.17) is 14.2 Å². The van der Waals surface area contributed by atoms with Crippen molar-refractivity contribution in [2.24, 2.45) is 0 Å². The molecule has 1 rings (SSSR count). The molecule has 0 aliphatic heterocycles. The second-order valence-electron chi connectivity index (χ2n) is 5.92. The topological polar surface area (TPSA) is 73.9 Å². The van der Waals surface area contributed by atoms with Crippen molar-refractivity contribution in [2.45, 2.75) is 52.6 Å². The molecule has 0 heterocycles. The summed E-state index contributed by atoms with van der Waals surface area (Å²) in [4.78, 5) is 24.6. The minimum Gasteiger partial charge on any atom is -0.493 e. The molecule has 0 saturated heterocycles. The maximum atomic E-state index is 12.6. The zero-order valence-electron chi connectivity index (χ0n) is 15.8. The molecule has 1 atom stereocenters. The highest BCUT2D eigenvalue weighted by molar-refractivity contribution is 5.99. The van der Waals surface area contributed by atoms with Gasteiger partial charge in [0.25, 0.3) is 5.91 Å². The van der Waals surface area contributed by atoms with Crippen molar-refractivity contribution in [1.82, 2.24) is 0 Å². The van der Waals surface area contributed by atoms with E-state index in [-0.39, 0.29) is 11.5 Å². The summed E-state index contributed by atoms with van der Waals surface area (Å²) in [6, 6.07) is 4.93. The van der Waals surface area contributed by atoms with Gasteiger partial charge in [0, 0.05) is 12.3 Å². The molecule has 1 aromatic rings. The van der Waals surface area contributed by atoms with E-state index in [1.165, 1.54) is 7.11 Å². The average molecular weight is 351 g/mol. The van der Waals surface area contributed by atoms with E-state index in [1.807, 2.05) is 20.8 Å². The Morgan fingerprint density at radius 2 is 1.88 bits per heavy atom. The molecular weight excluding hydrogens is 322 g/mol. The molecule has 6 nitrogen and oxygen atoms in total. The number of rotatable bonds is 10. The highest BCUT2D eigenvalue weighted by Gasteiger charge is 2.33. The number of amides is 1. The molecular formula is C19H29NO5. The van der Waals surface area contributed by atoms with Crippen molar-refractivity contribution in [3.05, 3.63) is 23.8 Å². The molecule has 140 valence electrons. The number of hydrogen-bond acceptors (Lipinski definition) is 5. The molecule has 0 aromatic heterocycles. The third kappa shape index (κ3) is 5.74. The average Bonchev–Trinajstić information content (AvgIpc) is 2.60. The standard InChI is InChI=1S/C19H29NO5/c1-6-11-19(4,25-8-3)18(22)20-14-9-10-16(24-12-7-2)15(13-14)17(21)23-5/h9-10,13H,6-8,11-12H2,1-5H3,(H,20,22)/t19-/m1/s1. The van der Waals surface area contributed by atoms with Gasteiger partial charge in [-0.1, -0.05) is 20.3 Å². The largest absolute Gasteiger partial charge is 0.493 e. The predicted molar refractivity (Wildman–Crippen MR) is 97.1 cm³/mol. The lowest BCUT2D eigenvalue weighted by Gasteiger charge is -2.28. The van der Waals surface area contributed by atoms with Crippen molar-refractivity contribution >= 4 is 17.6 Å². The van der Waals surface area contributed by atoms with Crippen LogP contribution in [-0.4, -0.2) is 37.8 Å². The van der Waals surface area contributed by atoms with Gasteiger partial charge in [-0.05, 0) is 44.9 Å². The summed E-state index contributed by atoms with van der Waals surface area (Å²) in [6.07, 6.45) is 2.25. The van der Waals surface area contributed by atoms with Gasteiger partial charge >= 0.3 is 5.97 Å². The number of ether oxygens (including phenoxy) is 3. The van der Waals surface area contributed by atoms with E-state index in [9.17, 15) is 9.59 Å². The van der Waals surface area contributed by atoms with E-state index in [0.717, 1.165) is 12.8 Å². The number of hydrogen-bond donors (Lipinski definition) is 1. The summed E-state index contributed by atoms with van der Waals surface area (Å²) in [6.45, 7) is 8.55. The summed E-state index contributed by atoms with van der Waals surface area (Å²) < 4.78 is 16.0. The Morgan fingerprint density at radius 1 is 1.16 bits per heavy atom. The smallest absolute Gasteiger partial charge is 0.341 e. The van der Waals surface area contributed by atoms with Gasteiger partial charge in [0.1, 0.15) is 16.9 Å². The van der Waals surface area contributed by atoms with Gasteiger partial charge in [-0.2, -0.15) is 0 Å². The lowest BCUT2D eigenvalue weighted by molar-refractivity contribution is -0.139. The number of methoxy groups -OCH3 is 1. The number of esters is 1. The van der Waals surface area contributed by atoms with Gasteiger partial charge < -0.3 is 19.5 Å². The van der Waals surface area contributed by atoms with Crippen molar-refractivity contribution in [3.8, 4) is 5.75 Å². The molecule has 0 bridgehead atoms. The Labute approximate surface area is 149 Å². The van der Waals surface area contributed by atoms with E-state index in [0.29, 0.717) is 31.1 Å². The van der Waals surface area contributed by atoms with Gasteiger partial charge in [-0.3, -0.25) is 4.79 Å². The van der Waals surface area contributed by atoms with Gasteiger partial charge in [0.2, 0.25) is 0 Å². The lowest BCUT2D eigenvalue weighted by atomic mass is 9.99. The molecule has 1 N–H and O–H groups in total. The lowest BCUT2D eigenvalue weighted by Crippen LogP contribution is -2.42. The molecule has 0 aliphatic rings. The normalized spacial score (nSPS) is 13.0. The molecule has 6 heteroatoms. The molecule has 0 fully saturated rings. The van der Waals surface area contributed by atoms with Crippen molar-refractivity contribution < 1.29 is 23.8 Å². The Bertz CT molecular complexity index is 579. The SMILES string of the molecule is CCCOc1ccc(NC(=O)[C@@](C)(CCC)OCC)cc1C(=O)OC. The molecule has 25 heavy (non-hydrogen) atoms. The zero-order chi connectivity index (χ0) is 18.9. The Hall–Kier alpha value is -2.08. The zero-order valence-corrected chi connectivity index (χ0v) is 15.8. The van der Waals surface area contributed by atoms with E-state index >= 15 is 0 Å². The monoisotopic (exact) mass is 351 g/mol. The van der Waals surface area contributed by atoms with E-state index in [1.54, 1.807) is 25.1 Å². The summed E-state index contributed by atoms with van der Waals surface area (Å²) in [5, 5.41) is 2.83. The van der Waals surface area contributed by atoms with Crippen molar-refractivity contribution in [3.63, 3.8) is 0 Å². The van der Waals surface area contributed by atoms with Crippen LogP contribution in [0, 0.1) is 0 Å². The number of benzene rings is 1. The molecule has 0 unspecified atom stereocenters. The van der Waals surface area contributed by atoms with Crippen LogP contribution < -0.4 is 10.1 Å². The first kappa shape index (κ1) is 21.0.